The quantitative estimate of drug-likeness (QED) is 0.660. The second-order valence-corrected chi connectivity index (χ2v) is 8.84. The molecule has 0 bridgehead atoms. The van der Waals surface area contributed by atoms with E-state index in [1.807, 2.05) is 25.7 Å². The number of carbonyl (C=O) groups excluding carboxylic acids is 3. The Morgan fingerprint density at radius 2 is 1.88 bits per heavy atom. The number of hydrogen-bond acceptors (Lipinski definition) is 5. The molecule has 1 saturated heterocycles. The van der Waals surface area contributed by atoms with Gasteiger partial charge in [-0.05, 0) is 31.5 Å². The van der Waals surface area contributed by atoms with Crippen LogP contribution in [0.5, 0.6) is 0 Å². The van der Waals surface area contributed by atoms with Gasteiger partial charge in [0.15, 0.2) is 0 Å². The number of rotatable bonds is 6. The monoisotopic (exact) mass is 460 g/mol. The van der Waals surface area contributed by atoms with Crippen molar-refractivity contribution in [3.8, 4) is 0 Å². The van der Waals surface area contributed by atoms with E-state index in [-0.39, 0.29) is 30.5 Å². The van der Waals surface area contributed by atoms with Gasteiger partial charge in [-0.25, -0.2) is 14.0 Å². The molecule has 9 heteroatoms. The Balaban J connectivity index is 1.93. The maximum Gasteiger partial charge on any atom is 0.338 e. The van der Waals surface area contributed by atoms with Crippen LogP contribution in [-0.4, -0.2) is 78.5 Å². The molecule has 8 nitrogen and oxygen atoms in total. The average molecular weight is 461 g/mol. The summed E-state index contributed by atoms with van der Waals surface area (Å²) in [5, 5.41) is 2.84. The molecular formula is C24H33FN4O4. The molecule has 2 unspecified atom stereocenters. The maximum absolute atomic E-state index is 13.5. The normalized spacial score (nSPS) is 22.0. The molecule has 0 aromatic heterocycles. The lowest BCUT2D eigenvalue weighted by Gasteiger charge is -2.42. The first kappa shape index (κ1) is 24.7. The predicted octanol–water partition coefficient (Wildman–Crippen LogP) is 2.53. The van der Waals surface area contributed by atoms with Crippen molar-refractivity contribution in [2.24, 2.45) is 5.92 Å². The minimum Gasteiger partial charge on any atom is -0.463 e. The number of halogens is 1. The summed E-state index contributed by atoms with van der Waals surface area (Å²) in [5.74, 6) is -0.862. The molecule has 0 spiro atoms. The van der Waals surface area contributed by atoms with Crippen LogP contribution in [0.3, 0.4) is 0 Å². The molecule has 180 valence electrons. The van der Waals surface area contributed by atoms with Crippen molar-refractivity contribution in [1.29, 1.82) is 0 Å². The van der Waals surface area contributed by atoms with E-state index in [4.69, 9.17) is 4.74 Å². The lowest BCUT2D eigenvalue weighted by Crippen LogP contribution is -2.56. The van der Waals surface area contributed by atoms with Gasteiger partial charge in [0.25, 0.3) is 0 Å². The molecule has 2 atom stereocenters. The summed E-state index contributed by atoms with van der Waals surface area (Å²) in [5.41, 5.74) is 1.47. The number of carbonyl (C=O) groups is 3. The lowest BCUT2D eigenvalue weighted by molar-refractivity contribution is -0.139. The molecule has 2 heterocycles. The first-order chi connectivity index (χ1) is 15.6. The van der Waals surface area contributed by atoms with Gasteiger partial charge in [-0.3, -0.25) is 14.6 Å². The number of nitrogens with zero attached hydrogens (tertiary/aromatic N) is 3. The van der Waals surface area contributed by atoms with Crippen LogP contribution in [0, 0.1) is 11.7 Å². The van der Waals surface area contributed by atoms with E-state index in [1.54, 1.807) is 26.1 Å². The molecule has 0 radical (unpaired) electrons. The Morgan fingerprint density at radius 3 is 2.45 bits per heavy atom. The number of esters is 1. The second-order valence-electron chi connectivity index (χ2n) is 8.84. The third-order valence-electron chi connectivity index (χ3n) is 6.14. The zero-order chi connectivity index (χ0) is 24.3. The SMILES string of the molecule is CCOC(=O)C1=C(CN2CCN(C(=O)C(C)C)C(C)C2)N(C)C(=O)NC1c1ccc(F)cc1. The summed E-state index contributed by atoms with van der Waals surface area (Å²) in [6.07, 6.45) is 0. The van der Waals surface area contributed by atoms with Crippen LogP contribution >= 0.6 is 0 Å². The van der Waals surface area contributed by atoms with Crippen molar-refractivity contribution < 1.29 is 23.5 Å². The summed E-state index contributed by atoms with van der Waals surface area (Å²) in [4.78, 5) is 43.8. The zero-order valence-electron chi connectivity index (χ0n) is 19.9. The van der Waals surface area contributed by atoms with E-state index in [9.17, 15) is 18.8 Å². The van der Waals surface area contributed by atoms with Gasteiger partial charge in [0.05, 0.1) is 18.2 Å². The minimum absolute atomic E-state index is 0.0101. The van der Waals surface area contributed by atoms with E-state index in [2.05, 4.69) is 10.2 Å². The Labute approximate surface area is 194 Å². The smallest absolute Gasteiger partial charge is 0.338 e. The van der Waals surface area contributed by atoms with Gasteiger partial charge in [0, 0.05) is 50.9 Å². The molecule has 2 aliphatic heterocycles. The average Bonchev–Trinajstić information content (AvgIpc) is 2.77. The fourth-order valence-corrected chi connectivity index (χ4v) is 4.35. The molecule has 2 aliphatic rings. The van der Waals surface area contributed by atoms with Gasteiger partial charge in [-0.15, -0.1) is 0 Å². The number of urea groups is 1. The summed E-state index contributed by atoms with van der Waals surface area (Å²) < 4.78 is 18.8. The number of hydrogen-bond donors (Lipinski definition) is 1. The van der Waals surface area contributed by atoms with Crippen molar-refractivity contribution in [3.05, 3.63) is 46.9 Å². The van der Waals surface area contributed by atoms with Gasteiger partial charge < -0.3 is 15.0 Å². The standard InChI is InChI=1S/C24H33FN4O4/c1-6-33-23(31)20-19(14-28-11-12-29(16(4)13-28)22(30)15(2)3)27(5)24(32)26-21(20)17-7-9-18(25)10-8-17/h7-10,15-16,21H,6,11-14H2,1-5H3,(H,26,32). The van der Waals surface area contributed by atoms with Crippen molar-refractivity contribution in [2.75, 3.05) is 39.8 Å². The number of nitrogens with one attached hydrogen (secondary N) is 1. The van der Waals surface area contributed by atoms with Gasteiger partial charge in [0.2, 0.25) is 5.91 Å². The van der Waals surface area contributed by atoms with E-state index in [1.165, 1.54) is 17.0 Å². The van der Waals surface area contributed by atoms with E-state index >= 15 is 0 Å². The minimum atomic E-state index is -0.746. The molecule has 0 saturated carbocycles. The van der Waals surface area contributed by atoms with E-state index in [0.29, 0.717) is 43.0 Å². The molecular weight excluding hydrogens is 427 g/mol. The number of ether oxygens (including phenoxy) is 1. The number of benzene rings is 1. The van der Waals surface area contributed by atoms with Crippen molar-refractivity contribution in [1.82, 2.24) is 20.0 Å². The van der Waals surface area contributed by atoms with Crippen LogP contribution in [0.4, 0.5) is 9.18 Å². The molecule has 33 heavy (non-hydrogen) atoms. The summed E-state index contributed by atoms with van der Waals surface area (Å²) in [6, 6.07) is 4.63. The van der Waals surface area contributed by atoms with Gasteiger partial charge in [-0.1, -0.05) is 26.0 Å². The summed E-state index contributed by atoms with van der Waals surface area (Å²) in [7, 11) is 1.62. The Hall–Kier alpha value is -2.94. The van der Waals surface area contributed by atoms with Gasteiger partial charge >= 0.3 is 12.0 Å². The van der Waals surface area contributed by atoms with Crippen LogP contribution in [0.2, 0.25) is 0 Å². The maximum atomic E-state index is 13.5. The fraction of sp³-hybridized carbons (Fsp3) is 0.542. The highest BCUT2D eigenvalue weighted by Crippen LogP contribution is 2.32. The predicted molar refractivity (Wildman–Crippen MR) is 122 cm³/mol. The number of amides is 3. The Bertz CT molecular complexity index is 931. The molecule has 0 aliphatic carbocycles. The van der Waals surface area contributed by atoms with Crippen molar-refractivity contribution in [3.63, 3.8) is 0 Å². The second kappa shape index (κ2) is 10.3. The number of likely N-dealkylation sites (N-methyl/N-ethyl adjacent to an activating group) is 1. The first-order valence-electron chi connectivity index (χ1n) is 11.4. The van der Waals surface area contributed by atoms with Crippen molar-refractivity contribution in [2.45, 2.75) is 39.8 Å². The molecule has 1 aromatic rings. The highest BCUT2D eigenvalue weighted by atomic mass is 19.1. The van der Waals surface area contributed by atoms with Crippen LogP contribution in [0.25, 0.3) is 0 Å². The number of piperazine rings is 1. The van der Waals surface area contributed by atoms with Crippen LogP contribution in [-0.2, 0) is 14.3 Å². The Morgan fingerprint density at radius 1 is 1.21 bits per heavy atom. The molecule has 1 N–H and O–H groups in total. The van der Waals surface area contributed by atoms with E-state index < -0.39 is 17.8 Å². The zero-order valence-corrected chi connectivity index (χ0v) is 19.9. The van der Waals surface area contributed by atoms with Crippen LogP contribution in [0.15, 0.2) is 35.5 Å². The highest BCUT2D eigenvalue weighted by Gasteiger charge is 2.38. The van der Waals surface area contributed by atoms with E-state index in [0.717, 1.165) is 0 Å². The third kappa shape index (κ3) is 5.35. The molecule has 3 rings (SSSR count). The third-order valence-corrected chi connectivity index (χ3v) is 6.14. The van der Waals surface area contributed by atoms with Crippen LogP contribution < -0.4 is 5.32 Å². The van der Waals surface area contributed by atoms with Crippen LogP contribution in [0.1, 0.15) is 39.3 Å². The largest absolute Gasteiger partial charge is 0.463 e. The summed E-state index contributed by atoms with van der Waals surface area (Å²) in [6.45, 7) is 9.88. The molecule has 1 fully saturated rings. The Kier molecular flexibility index (Phi) is 7.73. The topological polar surface area (TPSA) is 82.2 Å². The molecule has 1 aromatic carbocycles. The summed E-state index contributed by atoms with van der Waals surface area (Å²) >= 11 is 0. The lowest BCUT2D eigenvalue weighted by atomic mass is 9.94. The van der Waals surface area contributed by atoms with Crippen molar-refractivity contribution >= 4 is 17.9 Å². The fourth-order valence-electron chi connectivity index (χ4n) is 4.35. The van der Waals surface area contributed by atoms with Gasteiger partial charge in [-0.2, -0.15) is 0 Å². The van der Waals surface area contributed by atoms with Gasteiger partial charge in [0.1, 0.15) is 5.82 Å². The highest BCUT2D eigenvalue weighted by molar-refractivity contribution is 5.95. The first-order valence-corrected chi connectivity index (χ1v) is 11.4. The molecule has 3 amide bonds.